The van der Waals surface area contributed by atoms with Gasteiger partial charge in [0.25, 0.3) is 0 Å². The third-order valence-corrected chi connectivity index (χ3v) is 3.50. The normalized spacial score (nSPS) is 14.2. The maximum atomic E-state index is 6.05. The van der Waals surface area contributed by atoms with Crippen molar-refractivity contribution in [3.63, 3.8) is 0 Å². The Bertz CT molecular complexity index is 145. The molecule has 0 aliphatic heterocycles. The molecule has 0 bridgehead atoms. The van der Waals surface area contributed by atoms with Crippen molar-refractivity contribution in [1.29, 1.82) is 0 Å². The largest absolute Gasteiger partial charge is 0.362 e. The van der Waals surface area contributed by atoms with Crippen molar-refractivity contribution in [1.82, 2.24) is 0 Å². The summed E-state index contributed by atoms with van der Waals surface area (Å²) in [6, 6.07) is 0. The van der Waals surface area contributed by atoms with Crippen molar-refractivity contribution >= 4 is 12.6 Å². The molecule has 92 valence electrons. The van der Waals surface area contributed by atoms with Gasteiger partial charge in [-0.3, -0.25) is 0 Å². The minimum atomic E-state index is -0.232. The van der Waals surface area contributed by atoms with Crippen LogP contribution in [0.1, 0.15) is 59.3 Å². The summed E-state index contributed by atoms with van der Waals surface area (Å²) in [5.74, 6) is 0. The number of thiol groups is 1. The van der Waals surface area contributed by atoms with E-state index in [9.17, 15) is 0 Å². The first kappa shape index (κ1) is 15.3. The van der Waals surface area contributed by atoms with E-state index < -0.39 is 0 Å². The highest BCUT2D eigenvalue weighted by Crippen LogP contribution is 2.31. The first-order valence-corrected chi connectivity index (χ1v) is 6.65. The second-order valence-corrected chi connectivity index (χ2v) is 5.08. The Hall–Kier alpha value is 0.270. The zero-order valence-electron chi connectivity index (χ0n) is 10.5. The van der Waals surface area contributed by atoms with Crippen LogP contribution < -0.4 is 5.73 Å². The third-order valence-electron chi connectivity index (χ3n) is 2.80. The molecule has 0 aliphatic rings. The first-order valence-electron chi connectivity index (χ1n) is 6.20. The van der Waals surface area contributed by atoms with Gasteiger partial charge in [-0.1, -0.05) is 39.5 Å². The summed E-state index contributed by atoms with van der Waals surface area (Å²) in [4.78, 5) is 0. The van der Waals surface area contributed by atoms with Gasteiger partial charge >= 0.3 is 0 Å². The highest BCUT2D eigenvalue weighted by atomic mass is 32.1. The molecule has 2 nitrogen and oxygen atoms in total. The molecule has 0 aromatic heterocycles. The van der Waals surface area contributed by atoms with Crippen LogP contribution in [0.2, 0.25) is 0 Å². The molecular formula is C12H27NOS. The quantitative estimate of drug-likeness (QED) is 0.473. The van der Waals surface area contributed by atoms with Gasteiger partial charge in [0, 0.05) is 6.61 Å². The van der Waals surface area contributed by atoms with Crippen molar-refractivity contribution in [3.05, 3.63) is 0 Å². The highest BCUT2D eigenvalue weighted by molar-refractivity contribution is 7.81. The van der Waals surface area contributed by atoms with E-state index in [0.29, 0.717) is 6.61 Å². The highest BCUT2D eigenvalue weighted by Gasteiger charge is 2.32. The predicted octanol–water partition coefficient (Wildman–Crippen LogP) is 3.36. The van der Waals surface area contributed by atoms with Crippen molar-refractivity contribution in [2.75, 3.05) is 6.61 Å². The van der Waals surface area contributed by atoms with Crippen LogP contribution in [0, 0.1) is 0 Å². The van der Waals surface area contributed by atoms with Crippen LogP contribution in [0.3, 0.4) is 0 Å². The van der Waals surface area contributed by atoms with Gasteiger partial charge in [-0.2, -0.15) is 12.6 Å². The number of hydrogen-bond donors (Lipinski definition) is 2. The molecule has 1 atom stereocenters. The minimum Gasteiger partial charge on any atom is -0.362 e. The van der Waals surface area contributed by atoms with Gasteiger partial charge in [0.05, 0.1) is 4.75 Å². The van der Waals surface area contributed by atoms with Crippen LogP contribution in [-0.2, 0) is 4.74 Å². The summed E-state index contributed by atoms with van der Waals surface area (Å²) < 4.78 is 5.37. The fourth-order valence-corrected chi connectivity index (χ4v) is 2.10. The summed E-state index contributed by atoms with van der Waals surface area (Å²) in [5, 5.41) is 0. The van der Waals surface area contributed by atoms with Gasteiger partial charge in [0.1, 0.15) is 6.23 Å². The lowest BCUT2D eigenvalue weighted by Crippen LogP contribution is -2.45. The molecular weight excluding hydrogens is 206 g/mol. The van der Waals surface area contributed by atoms with E-state index in [-0.39, 0.29) is 11.0 Å². The lowest BCUT2D eigenvalue weighted by Gasteiger charge is -2.34. The van der Waals surface area contributed by atoms with Gasteiger partial charge < -0.3 is 10.5 Å². The van der Waals surface area contributed by atoms with Crippen molar-refractivity contribution in [2.24, 2.45) is 5.73 Å². The SMILES string of the molecule is CCCCC(S)(CCCC)C(N)OCC. The average Bonchev–Trinajstić information content (AvgIpc) is 2.24. The Morgan fingerprint density at radius 1 is 1.13 bits per heavy atom. The smallest absolute Gasteiger partial charge is 0.120 e. The molecule has 0 radical (unpaired) electrons. The molecule has 0 aromatic carbocycles. The fourth-order valence-electron chi connectivity index (χ4n) is 1.71. The molecule has 0 spiro atoms. The topological polar surface area (TPSA) is 35.2 Å². The summed E-state index contributed by atoms with van der Waals surface area (Å²) in [5.41, 5.74) is 6.05. The summed E-state index contributed by atoms with van der Waals surface area (Å²) in [6.45, 7) is 7.04. The van der Waals surface area contributed by atoms with E-state index in [2.05, 4.69) is 13.8 Å². The van der Waals surface area contributed by atoms with Gasteiger partial charge in [0.15, 0.2) is 0 Å². The molecule has 0 saturated carbocycles. The Morgan fingerprint density at radius 3 is 1.93 bits per heavy atom. The van der Waals surface area contributed by atoms with Gasteiger partial charge in [-0.05, 0) is 19.8 Å². The van der Waals surface area contributed by atoms with Crippen LogP contribution >= 0.6 is 12.6 Å². The van der Waals surface area contributed by atoms with Gasteiger partial charge in [-0.15, -0.1) is 0 Å². The zero-order valence-corrected chi connectivity index (χ0v) is 11.4. The lowest BCUT2D eigenvalue weighted by molar-refractivity contribution is 0.0322. The van der Waals surface area contributed by atoms with E-state index in [4.69, 9.17) is 23.1 Å². The summed E-state index contributed by atoms with van der Waals surface area (Å²) >= 11 is 4.77. The van der Waals surface area contributed by atoms with Crippen molar-refractivity contribution in [3.8, 4) is 0 Å². The van der Waals surface area contributed by atoms with E-state index in [1.807, 2.05) is 6.92 Å². The fraction of sp³-hybridized carbons (Fsp3) is 1.00. The maximum Gasteiger partial charge on any atom is 0.120 e. The zero-order chi connectivity index (χ0) is 11.7. The second-order valence-electron chi connectivity index (χ2n) is 4.19. The molecule has 0 rings (SSSR count). The average molecular weight is 233 g/mol. The van der Waals surface area contributed by atoms with Crippen LogP contribution in [-0.4, -0.2) is 17.6 Å². The maximum absolute atomic E-state index is 6.05. The Morgan fingerprint density at radius 2 is 1.60 bits per heavy atom. The summed E-state index contributed by atoms with van der Waals surface area (Å²) in [6.07, 6.45) is 6.59. The molecule has 3 heteroatoms. The molecule has 0 fully saturated rings. The predicted molar refractivity (Wildman–Crippen MR) is 70.4 cm³/mol. The van der Waals surface area contributed by atoms with E-state index in [0.717, 1.165) is 12.8 Å². The van der Waals surface area contributed by atoms with Crippen LogP contribution in [0.4, 0.5) is 0 Å². The van der Waals surface area contributed by atoms with E-state index >= 15 is 0 Å². The number of unbranched alkanes of at least 4 members (excludes halogenated alkanes) is 2. The molecule has 1 unspecified atom stereocenters. The molecule has 15 heavy (non-hydrogen) atoms. The molecule has 0 aliphatic carbocycles. The molecule has 0 heterocycles. The first-order chi connectivity index (χ1) is 7.10. The Kier molecular flexibility index (Phi) is 8.58. The third kappa shape index (κ3) is 5.79. The number of rotatable bonds is 9. The Balaban J connectivity index is 4.23. The van der Waals surface area contributed by atoms with Crippen molar-refractivity contribution < 1.29 is 4.74 Å². The molecule has 0 saturated heterocycles. The van der Waals surface area contributed by atoms with Crippen LogP contribution in [0.15, 0.2) is 0 Å². The van der Waals surface area contributed by atoms with Gasteiger partial charge in [0.2, 0.25) is 0 Å². The minimum absolute atomic E-state index is 0.137. The number of nitrogens with two attached hydrogens (primary N) is 1. The molecule has 2 N–H and O–H groups in total. The van der Waals surface area contributed by atoms with Crippen LogP contribution in [0.5, 0.6) is 0 Å². The van der Waals surface area contributed by atoms with E-state index in [1.165, 1.54) is 25.7 Å². The summed E-state index contributed by atoms with van der Waals surface area (Å²) in [7, 11) is 0. The van der Waals surface area contributed by atoms with E-state index in [1.54, 1.807) is 0 Å². The molecule has 0 amide bonds. The number of ether oxygens (including phenoxy) is 1. The molecule has 0 aromatic rings. The Labute approximate surface area is 100 Å². The van der Waals surface area contributed by atoms with Crippen molar-refractivity contribution in [2.45, 2.75) is 70.3 Å². The lowest BCUT2D eigenvalue weighted by atomic mass is 9.93. The van der Waals surface area contributed by atoms with Crippen LogP contribution in [0.25, 0.3) is 0 Å². The number of hydrogen-bond acceptors (Lipinski definition) is 3. The standard InChI is InChI=1S/C12H27NOS/c1-4-7-9-12(15,10-8-5-2)11(13)14-6-3/h11,15H,4-10,13H2,1-3H3. The monoisotopic (exact) mass is 233 g/mol. The van der Waals surface area contributed by atoms with Gasteiger partial charge in [-0.25, -0.2) is 0 Å². The second kappa shape index (κ2) is 8.43.